The van der Waals surface area contributed by atoms with Crippen molar-refractivity contribution in [1.29, 1.82) is 0 Å². The number of nitrogens with zero attached hydrogens (tertiary/aromatic N) is 1. The van der Waals surface area contributed by atoms with Gasteiger partial charge < -0.3 is 14.8 Å². The zero-order valence-electron chi connectivity index (χ0n) is 16.7. The molecule has 1 saturated heterocycles. The Hall–Kier alpha value is -1.97. The van der Waals surface area contributed by atoms with Gasteiger partial charge in [0.05, 0.1) is 25.2 Å². The third-order valence-electron chi connectivity index (χ3n) is 5.02. The molecule has 0 aliphatic carbocycles. The van der Waals surface area contributed by atoms with Crippen LogP contribution in [0.5, 0.6) is 0 Å². The molecule has 1 aromatic rings. The number of esters is 1. The summed E-state index contributed by atoms with van der Waals surface area (Å²) in [5.41, 5.74) is 0.831. The smallest absolute Gasteiger partial charge is 0.328 e. The highest BCUT2D eigenvalue weighted by molar-refractivity contribution is 7.89. The summed E-state index contributed by atoms with van der Waals surface area (Å²) in [4.78, 5) is 24.9. The summed E-state index contributed by atoms with van der Waals surface area (Å²) in [7, 11) is -2.46. The minimum atomic E-state index is -3.72. The molecule has 0 unspecified atom stereocenters. The fourth-order valence-corrected chi connectivity index (χ4v) is 4.39. The number of hydrogen-bond acceptors (Lipinski definition) is 6. The van der Waals surface area contributed by atoms with Crippen LogP contribution < -0.4 is 5.32 Å². The summed E-state index contributed by atoms with van der Waals surface area (Å²) in [5, 5.41) is 2.69. The predicted molar refractivity (Wildman–Crippen MR) is 103 cm³/mol. The minimum Gasteiger partial charge on any atom is -0.467 e. The Balaban J connectivity index is 2.31. The van der Waals surface area contributed by atoms with E-state index in [1.165, 1.54) is 23.5 Å². The monoisotopic (exact) mass is 412 g/mol. The summed E-state index contributed by atoms with van der Waals surface area (Å²) >= 11 is 0. The van der Waals surface area contributed by atoms with E-state index in [2.05, 4.69) is 5.32 Å². The van der Waals surface area contributed by atoms with Crippen LogP contribution in [0.4, 0.5) is 0 Å². The van der Waals surface area contributed by atoms with Crippen LogP contribution in [-0.4, -0.2) is 64.1 Å². The zero-order chi connectivity index (χ0) is 20.9. The summed E-state index contributed by atoms with van der Waals surface area (Å²) < 4.78 is 37.1. The number of sulfonamides is 1. The van der Waals surface area contributed by atoms with E-state index in [1.807, 2.05) is 13.8 Å². The van der Waals surface area contributed by atoms with Gasteiger partial charge >= 0.3 is 5.97 Å². The van der Waals surface area contributed by atoms with E-state index in [0.717, 1.165) is 0 Å². The third-order valence-corrected chi connectivity index (χ3v) is 6.91. The van der Waals surface area contributed by atoms with Crippen LogP contribution in [0.15, 0.2) is 23.1 Å². The molecule has 2 rings (SSSR count). The maximum absolute atomic E-state index is 12.9. The van der Waals surface area contributed by atoms with Gasteiger partial charge in [-0.2, -0.15) is 4.31 Å². The van der Waals surface area contributed by atoms with Crippen molar-refractivity contribution in [3.05, 3.63) is 29.3 Å². The van der Waals surface area contributed by atoms with Crippen molar-refractivity contribution in [2.75, 3.05) is 33.4 Å². The first kappa shape index (κ1) is 22.3. The fraction of sp³-hybridized carbons (Fsp3) is 0.579. The standard InChI is InChI=1S/C19H28N2O6S/c1-5-13(2)17(19(23)26-4)20-18(22)16-12-15(7-6-14(16)3)28(24,25)21-8-10-27-11-9-21/h6-7,12-13,17H,5,8-11H2,1-4H3,(H,20,22)/t13-,17+/m1/s1. The second-order valence-corrected chi connectivity index (χ2v) is 8.79. The quantitative estimate of drug-likeness (QED) is 0.678. The maximum Gasteiger partial charge on any atom is 0.328 e. The molecule has 1 heterocycles. The maximum atomic E-state index is 12.9. The molecule has 1 aliphatic rings. The number of carbonyl (C=O) groups is 2. The summed E-state index contributed by atoms with van der Waals surface area (Å²) in [6.07, 6.45) is 0.671. The van der Waals surface area contributed by atoms with Gasteiger partial charge in [0.25, 0.3) is 5.91 Å². The molecule has 0 bridgehead atoms. The minimum absolute atomic E-state index is 0.0447. The molecule has 0 saturated carbocycles. The molecule has 0 radical (unpaired) electrons. The molecule has 1 aliphatic heterocycles. The molecule has 1 fully saturated rings. The Morgan fingerprint density at radius 3 is 2.50 bits per heavy atom. The number of rotatable bonds is 7. The number of carbonyl (C=O) groups excluding carboxylic acids is 2. The molecular weight excluding hydrogens is 384 g/mol. The lowest BCUT2D eigenvalue weighted by Crippen LogP contribution is -2.46. The topological polar surface area (TPSA) is 102 Å². The van der Waals surface area contributed by atoms with Gasteiger partial charge in [-0.05, 0) is 30.5 Å². The number of morpholine rings is 1. The largest absolute Gasteiger partial charge is 0.467 e. The van der Waals surface area contributed by atoms with Crippen LogP contribution in [-0.2, 0) is 24.3 Å². The Morgan fingerprint density at radius 1 is 1.29 bits per heavy atom. The zero-order valence-corrected chi connectivity index (χ0v) is 17.5. The van der Waals surface area contributed by atoms with E-state index in [0.29, 0.717) is 25.2 Å². The Bertz CT molecular complexity index is 818. The molecule has 1 N–H and O–H groups in total. The first-order chi connectivity index (χ1) is 13.2. The van der Waals surface area contributed by atoms with Crippen molar-refractivity contribution in [1.82, 2.24) is 9.62 Å². The molecule has 28 heavy (non-hydrogen) atoms. The van der Waals surface area contributed by atoms with Gasteiger partial charge in [-0.3, -0.25) is 4.79 Å². The molecule has 8 nitrogen and oxygen atoms in total. The Labute approximate surface area is 166 Å². The van der Waals surface area contributed by atoms with E-state index in [1.54, 1.807) is 13.0 Å². The second kappa shape index (κ2) is 9.49. The molecule has 2 atom stereocenters. The van der Waals surface area contributed by atoms with Crippen LogP contribution in [0.3, 0.4) is 0 Å². The normalized spacial score (nSPS) is 17.6. The molecule has 156 valence electrons. The van der Waals surface area contributed by atoms with Gasteiger partial charge in [-0.15, -0.1) is 0 Å². The molecule has 1 aromatic carbocycles. The van der Waals surface area contributed by atoms with E-state index < -0.39 is 27.9 Å². The van der Waals surface area contributed by atoms with Crippen molar-refractivity contribution in [2.45, 2.75) is 38.1 Å². The Kier molecular flexibility index (Phi) is 7.56. The lowest BCUT2D eigenvalue weighted by Gasteiger charge is -2.26. The highest BCUT2D eigenvalue weighted by Gasteiger charge is 2.30. The van der Waals surface area contributed by atoms with Crippen LogP contribution in [0.2, 0.25) is 0 Å². The molecule has 0 aromatic heterocycles. The summed E-state index contributed by atoms with van der Waals surface area (Å²) in [5.74, 6) is -1.17. The number of methoxy groups -OCH3 is 1. The van der Waals surface area contributed by atoms with Gasteiger partial charge in [0.15, 0.2) is 0 Å². The lowest BCUT2D eigenvalue weighted by atomic mass is 9.98. The van der Waals surface area contributed by atoms with E-state index >= 15 is 0 Å². The van der Waals surface area contributed by atoms with E-state index in [9.17, 15) is 18.0 Å². The van der Waals surface area contributed by atoms with Crippen LogP contribution in [0.25, 0.3) is 0 Å². The number of nitrogens with one attached hydrogen (secondary N) is 1. The van der Waals surface area contributed by atoms with Gasteiger partial charge in [0, 0.05) is 18.7 Å². The molecule has 9 heteroatoms. The Morgan fingerprint density at radius 2 is 1.93 bits per heavy atom. The van der Waals surface area contributed by atoms with Gasteiger partial charge in [-0.1, -0.05) is 26.3 Å². The van der Waals surface area contributed by atoms with Gasteiger partial charge in [-0.25, -0.2) is 13.2 Å². The highest BCUT2D eigenvalue weighted by atomic mass is 32.2. The third kappa shape index (κ3) is 4.89. The number of amides is 1. The summed E-state index contributed by atoms with van der Waals surface area (Å²) in [6, 6.07) is 3.64. The summed E-state index contributed by atoms with van der Waals surface area (Å²) in [6.45, 7) is 6.70. The van der Waals surface area contributed by atoms with Crippen molar-refractivity contribution in [3.63, 3.8) is 0 Å². The van der Waals surface area contributed by atoms with Crippen molar-refractivity contribution in [2.24, 2.45) is 5.92 Å². The van der Waals surface area contributed by atoms with Crippen LogP contribution in [0, 0.1) is 12.8 Å². The first-order valence-electron chi connectivity index (χ1n) is 9.29. The highest BCUT2D eigenvalue weighted by Crippen LogP contribution is 2.21. The number of aryl methyl sites for hydroxylation is 1. The van der Waals surface area contributed by atoms with Crippen molar-refractivity contribution >= 4 is 21.9 Å². The van der Waals surface area contributed by atoms with E-state index in [4.69, 9.17) is 9.47 Å². The van der Waals surface area contributed by atoms with Crippen molar-refractivity contribution < 1.29 is 27.5 Å². The van der Waals surface area contributed by atoms with Crippen LogP contribution >= 0.6 is 0 Å². The lowest BCUT2D eigenvalue weighted by molar-refractivity contribution is -0.144. The van der Waals surface area contributed by atoms with Crippen molar-refractivity contribution in [3.8, 4) is 0 Å². The van der Waals surface area contributed by atoms with Crippen LogP contribution in [0.1, 0.15) is 36.2 Å². The van der Waals surface area contributed by atoms with Gasteiger partial charge in [0.2, 0.25) is 10.0 Å². The number of benzene rings is 1. The number of hydrogen-bond donors (Lipinski definition) is 1. The molecule has 0 spiro atoms. The number of ether oxygens (including phenoxy) is 2. The van der Waals surface area contributed by atoms with Gasteiger partial charge in [0.1, 0.15) is 6.04 Å². The van der Waals surface area contributed by atoms with E-state index in [-0.39, 0.29) is 29.5 Å². The average molecular weight is 413 g/mol. The average Bonchev–Trinajstić information content (AvgIpc) is 2.71. The SMILES string of the molecule is CC[C@@H](C)[C@H](NC(=O)c1cc(S(=O)(=O)N2CCOCC2)ccc1C)C(=O)OC. The molecule has 1 amide bonds. The second-order valence-electron chi connectivity index (χ2n) is 6.85. The first-order valence-corrected chi connectivity index (χ1v) is 10.7. The fourth-order valence-electron chi connectivity index (χ4n) is 2.96. The predicted octanol–water partition coefficient (Wildman–Crippen LogP) is 1.33. The molecular formula is C19H28N2O6S.